The van der Waals surface area contributed by atoms with Crippen LogP contribution in [0.3, 0.4) is 0 Å². The quantitative estimate of drug-likeness (QED) is 0.378. The van der Waals surface area contributed by atoms with Gasteiger partial charge in [0.05, 0.1) is 5.39 Å². The van der Waals surface area contributed by atoms with Gasteiger partial charge < -0.3 is 8.83 Å². The predicted octanol–water partition coefficient (Wildman–Crippen LogP) is 5.87. The smallest absolute Gasteiger partial charge is 0.336 e. The Hall–Kier alpha value is -3.59. The zero-order chi connectivity index (χ0) is 17.5. The van der Waals surface area contributed by atoms with E-state index in [1.54, 1.807) is 0 Å². The lowest BCUT2D eigenvalue weighted by Crippen LogP contribution is -1.98. The predicted molar refractivity (Wildman–Crippen MR) is 103 cm³/mol. The van der Waals surface area contributed by atoms with E-state index in [4.69, 9.17) is 8.83 Å². The fourth-order valence-electron chi connectivity index (χ4n) is 3.34. The average molecular weight is 338 g/mol. The highest BCUT2D eigenvalue weighted by molar-refractivity contribution is 6.10. The van der Waals surface area contributed by atoms with E-state index in [1.165, 1.54) is 6.07 Å². The van der Waals surface area contributed by atoms with Gasteiger partial charge >= 0.3 is 5.63 Å². The average Bonchev–Trinajstić information content (AvgIpc) is 3.13. The van der Waals surface area contributed by atoms with Gasteiger partial charge in [-0.1, -0.05) is 60.7 Å². The summed E-state index contributed by atoms with van der Waals surface area (Å²) in [5.74, 6) is 0.790. The first kappa shape index (κ1) is 14.7. The van der Waals surface area contributed by atoms with Gasteiger partial charge in [-0.3, -0.25) is 0 Å². The number of furan rings is 1. The highest BCUT2D eigenvalue weighted by Gasteiger charge is 2.15. The first-order valence-corrected chi connectivity index (χ1v) is 8.41. The second-order valence-electron chi connectivity index (χ2n) is 6.18. The molecule has 5 rings (SSSR count). The summed E-state index contributed by atoms with van der Waals surface area (Å²) in [6, 6.07) is 27.1. The fraction of sp³-hybridized carbons (Fsp3) is 0. The first-order valence-electron chi connectivity index (χ1n) is 8.41. The van der Waals surface area contributed by atoms with Crippen molar-refractivity contribution in [1.82, 2.24) is 0 Å². The fourth-order valence-corrected chi connectivity index (χ4v) is 3.34. The summed E-state index contributed by atoms with van der Waals surface area (Å²) in [6.07, 6.45) is 0. The molecule has 0 saturated heterocycles. The lowest BCUT2D eigenvalue weighted by Gasteiger charge is -2.06. The van der Waals surface area contributed by atoms with Gasteiger partial charge in [0.25, 0.3) is 0 Å². The molecule has 0 N–H and O–H groups in total. The molecule has 0 radical (unpaired) electrons. The molecule has 3 heteroatoms. The molecule has 0 aliphatic heterocycles. The van der Waals surface area contributed by atoms with E-state index in [1.807, 2.05) is 78.9 Å². The third-order valence-electron chi connectivity index (χ3n) is 4.53. The molecule has 0 fully saturated rings. The van der Waals surface area contributed by atoms with Crippen molar-refractivity contribution < 1.29 is 8.83 Å². The summed E-state index contributed by atoms with van der Waals surface area (Å²) >= 11 is 0. The molecule has 0 saturated carbocycles. The van der Waals surface area contributed by atoms with Crippen molar-refractivity contribution in [3.05, 3.63) is 95.3 Å². The molecule has 0 bridgehead atoms. The van der Waals surface area contributed by atoms with Gasteiger partial charge in [-0.2, -0.15) is 0 Å². The molecule has 3 nitrogen and oxygen atoms in total. The number of rotatable bonds is 2. The number of fused-ring (bicyclic) bond motifs is 3. The van der Waals surface area contributed by atoms with E-state index in [0.29, 0.717) is 5.58 Å². The molecule has 5 aromatic rings. The van der Waals surface area contributed by atoms with Crippen LogP contribution in [0, 0.1) is 0 Å². The molecule has 124 valence electrons. The molecule has 2 heterocycles. The summed E-state index contributed by atoms with van der Waals surface area (Å²) in [5.41, 5.74) is 3.66. The van der Waals surface area contributed by atoms with Crippen LogP contribution in [0.15, 0.2) is 98.6 Å². The van der Waals surface area contributed by atoms with E-state index in [-0.39, 0.29) is 5.63 Å². The van der Waals surface area contributed by atoms with Crippen LogP contribution in [0.4, 0.5) is 0 Å². The van der Waals surface area contributed by atoms with Gasteiger partial charge in [0.2, 0.25) is 0 Å². The van der Waals surface area contributed by atoms with Crippen LogP contribution in [0.5, 0.6) is 0 Å². The normalized spacial score (nSPS) is 11.2. The van der Waals surface area contributed by atoms with E-state index < -0.39 is 0 Å². The lowest BCUT2D eigenvalue weighted by atomic mass is 10.0. The van der Waals surface area contributed by atoms with Crippen molar-refractivity contribution in [2.24, 2.45) is 0 Å². The Bertz CT molecular complexity index is 1280. The summed E-state index contributed by atoms with van der Waals surface area (Å²) in [4.78, 5) is 12.0. The zero-order valence-corrected chi connectivity index (χ0v) is 13.8. The molecule has 26 heavy (non-hydrogen) atoms. The minimum atomic E-state index is -0.370. The summed E-state index contributed by atoms with van der Waals surface area (Å²) in [7, 11) is 0. The number of hydrogen-bond acceptors (Lipinski definition) is 3. The van der Waals surface area contributed by atoms with Gasteiger partial charge in [0.15, 0.2) is 0 Å². The second kappa shape index (κ2) is 5.74. The van der Waals surface area contributed by atoms with E-state index >= 15 is 0 Å². The van der Waals surface area contributed by atoms with Crippen molar-refractivity contribution in [2.45, 2.75) is 0 Å². The summed E-state index contributed by atoms with van der Waals surface area (Å²) < 4.78 is 11.6. The van der Waals surface area contributed by atoms with Gasteiger partial charge in [-0.15, -0.1) is 0 Å². The van der Waals surface area contributed by atoms with Crippen molar-refractivity contribution in [3.8, 4) is 22.5 Å². The van der Waals surface area contributed by atoms with Crippen LogP contribution in [-0.2, 0) is 0 Å². The molecule has 0 aliphatic rings. The van der Waals surface area contributed by atoms with Crippen LogP contribution in [0.2, 0.25) is 0 Å². The maximum absolute atomic E-state index is 12.0. The highest BCUT2D eigenvalue weighted by atomic mass is 16.4. The standard InChI is InChI=1S/C23H14O3/c24-21-14-18(15-7-3-1-4-8-15)22-19(25-21)12-11-17-13-20(26-23(17)22)16-9-5-2-6-10-16/h1-14H. The maximum atomic E-state index is 12.0. The third kappa shape index (κ3) is 2.33. The van der Waals surface area contributed by atoms with Crippen LogP contribution in [-0.4, -0.2) is 0 Å². The van der Waals surface area contributed by atoms with E-state index in [0.717, 1.165) is 38.8 Å². The lowest BCUT2D eigenvalue weighted by molar-refractivity contribution is 0.560. The number of hydrogen-bond donors (Lipinski definition) is 0. The SMILES string of the molecule is O=c1cc(-c2ccccc2)c2c(ccc3cc(-c4ccccc4)oc32)o1. The largest absolute Gasteiger partial charge is 0.455 e. The Labute approximate surface area is 149 Å². The van der Waals surface area contributed by atoms with Crippen molar-refractivity contribution in [2.75, 3.05) is 0 Å². The van der Waals surface area contributed by atoms with Crippen molar-refractivity contribution >= 4 is 21.9 Å². The van der Waals surface area contributed by atoms with Crippen LogP contribution in [0.1, 0.15) is 0 Å². The molecular weight excluding hydrogens is 324 g/mol. The zero-order valence-electron chi connectivity index (χ0n) is 13.8. The topological polar surface area (TPSA) is 43.4 Å². The van der Waals surface area contributed by atoms with Gasteiger partial charge in [0.1, 0.15) is 16.9 Å². The van der Waals surface area contributed by atoms with Crippen LogP contribution >= 0.6 is 0 Å². The Morgan fingerprint density at radius 2 is 1.35 bits per heavy atom. The van der Waals surface area contributed by atoms with Crippen molar-refractivity contribution in [3.63, 3.8) is 0 Å². The first-order chi connectivity index (χ1) is 12.8. The Balaban J connectivity index is 1.87. The molecule has 0 spiro atoms. The second-order valence-corrected chi connectivity index (χ2v) is 6.18. The minimum absolute atomic E-state index is 0.370. The van der Waals surface area contributed by atoms with Gasteiger partial charge in [-0.25, -0.2) is 4.79 Å². The maximum Gasteiger partial charge on any atom is 0.336 e. The van der Waals surface area contributed by atoms with E-state index in [2.05, 4.69) is 0 Å². The summed E-state index contributed by atoms with van der Waals surface area (Å²) in [5, 5.41) is 1.79. The molecule has 2 aromatic heterocycles. The Morgan fingerprint density at radius 1 is 0.654 bits per heavy atom. The summed E-state index contributed by atoms with van der Waals surface area (Å²) in [6.45, 7) is 0. The van der Waals surface area contributed by atoms with Crippen LogP contribution in [0.25, 0.3) is 44.4 Å². The van der Waals surface area contributed by atoms with Crippen LogP contribution < -0.4 is 5.63 Å². The Kier molecular flexibility index (Phi) is 3.25. The highest BCUT2D eigenvalue weighted by Crippen LogP contribution is 2.37. The third-order valence-corrected chi connectivity index (χ3v) is 4.53. The van der Waals surface area contributed by atoms with E-state index in [9.17, 15) is 4.79 Å². The molecule has 3 aromatic carbocycles. The number of benzene rings is 3. The molecule has 0 amide bonds. The van der Waals surface area contributed by atoms with Gasteiger partial charge in [-0.05, 0) is 23.8 Å². The van der Waals surface area contributed by atoms with Crippen molar-refractivity contribution in [1.29, 1.82) is 0 Å². The Morgan fingerprint density at radius 3 is 2.08 bits per heavy atom. The van der Waals surface area contributed by atoms with Gasteiger partial charge in [0, 0.05) is 22.6 Å². The molecular formula is C23H14O3. The molecule has 0 unspecified atom stereocenters. The minimum Gasteiger partial charge on any atom is -0.455 e. The molecule has 0 aliphatic carbocycles. The molecule has 0 atom stereocenters. The monoisotopic (exact) mass is 338 g/mol.